The van der Waals surface area contributed by atoms with Crippen LogP contribution in [0.5, 0.6) is 5.75 Å². The Morgan fingerprint density at radius 2 is 2.17 bits per heavy atom. The van der Waals surface area contributed by atoms with E-state index in [9.17, 15) is 9.90 Å². The molecule has 1 aromatic rings. The summed E-state index contributed by atoms with van der Waals surface area (Å²) in [6.45, 7) is 1.17. The van der Waals surface area contributed by atoms with E-state index < -0.39 is 0 Å². The van der Waals surface area contributed by atoms with E-state index in [1.165, 1.54) is 0 Å². The summed E-state index contributed by atoms with van der Waals surface area (Å²) in [6.07, 6.45) is 1.60. The first-order valence-corrected chi connectivity index (χ1v) is 6.28. The molecule has 18 heavy (non-hydrogen) atoms. The molecule has 4 nitrogen and oxygen atoms in total. The van der Waals surface area contributed by atoms with Crippen LogP contribution >= 0.6 is 0 Å². The Balaban J connectivity index is 1.81. The van der Waals surface area contributed by atoms with Crippen molar-refractivity contribution in [3.05, 3.63) is 29.8 Å². The average molecular weight is 249 g/mol. The van der Waals surface area contributed by atoms with E-state index in [1.54, 1.807) is 12.0 Å². The first-order chi connectivity index (χ1) is 8.69. The molecule has 1 heterocycles. The van der Waals surface area contributed by atoms with E-state index in [2.05, 4.69) is 0 Å². The number of likely N-dealkylation sites (tertiary alicyclic amines) is 1. The Kier molecular flexibility index (Phi) is 4.20. The van der Waals surface area contributed by atoms with Crippen LogP contribution < -0.4 is 4.74 Å². The zero-order valence-electron chi connectivity index (χ0n) is 10.6. The Morgan fingerprint density at radius 1 is 1.44 bits per heavy atom. The standard InChI is InChI=1S/C14H19NO3/c1-18-13-5-2-11(3-6-13)4-7-14(17)15-9-8-12(16)10-15/h2-3,5-6,12,16H,4,7-10H2,1H3/t12-/m1/s1. The third kappa shape index (κ3) is 3.23. The molecule has 1 aromatic carbocycles. The van der Waals surface area contributed by atoms with Crippen LogP contribution in [0.3, 0.4) is 0 Å². The van der Waals surface area contributed by atoms with Gasteiger partial charge in [0.25, 0.3) is 0 Å². The number of aliphatic hydroxyl groups is 1. The summed E-state index contributed by atoms with van der Waals surface area (Å²) in [7, 11) is 1.64. The van der Waals surface area contributed by atoms with Crippen LogP contribution in [0, 0.1) is 0 Å². The van der Waals surface area contributed by atoms with Crippen LogP contribution in [-0.4, -0.2) is 42.2 Å². The van der Waals surface area contributed by atoms with E-state index in [-0.39, 0.29) is 12.0 Å². The van der Waals surface area contributed by atoms with Crippen molar-refractivity contribution in [2.24, 2.45) is 0 Å². The van der Waals surface area contributed by atoms with Crippen molar-refractivity contribution < 1.29 is 14.6 Å². The monoisotopic (exact) mass is 249 g/mol. The van der Waals surface area contributed by atoms with Gasteiger partial charge in [0, 0.05) is 19.5 Å². The molecular formula is C14H19NO3. The highest BCUT2D eigenvalue weighted by Crippen LogP contribution is 2.14. The lowest BCUT2D eigenvalue weighted by Crippen LogP contribution is -2.29. The molecule has 1 aliphatic rings. The second-order valence-electron chi connectivity index (χ2n) is 4.63. The quantitative estimate of drug-likeness (QED) is 0.873. The van der Waals surface area contributed by atoms with Gasteiger partial charge in [0.1, 0.15) is 5.75 Å². The van der Waals surface area contributed by atoms with Crippen molar-refractivity contribution in [2.75, 3.05) is 20.2 Å². The maximum atomic E-state index is 11.9. The van der Waals surface area contributed by atoms with Gasteiger partial charge in [-0.2, -0.15) is 0 Å². The zero-order chi connectivity index (χ0) is 13.0. The molecule has 1 amide bonds. The molecule has 0 unspecified atom stereocenters. The Morgan fingerprint density at radius 3 is 2.72 bits per heavy atom. The minimum atomic E-state index is -0.338. The number of nitrogens with zero attached hydrogens (tertiary/aromatic N) is 1. The molecule has 1 saturated heterocycles. The molecule has 0 spiro atoms. The molecule has 0 saturated carbocycles. The van der Waals surface area contributed by atoms with Gasteiger partial charge < -0.3 is 14.7 Å². The Labute approximate surface area is 107 Å². The lowest BCUT2D eigenvalue weighted by molar-refractivity contribution is -0.130. The van der Waals surface area contributed by atoms with Crippen LogP contribution in [0.25, 0.3) is 0 Å². The number of carbonyl (C=O) groups excluding carboxylic acids is 1. The first-order valence-electron chi connectivity index (χ1n) is 6.28. The van der Waals surface area contributed by atoms with Crippen molar-refractivity contribution in [1.82, 2.24) is 4.90 Å². The summed E-state index contributed by atoms with van der Waals surface area (Å²) < 4.78 is 5.08. The van der Waals surface area contributed by atoms with E-state index >= 15 is 0 Å². The van der Waals surface area contributed by atoms with E-state index in [1.807, 2.05) is 24.3 Å². The van der Waals surface area contributed by atoms with Crippen molar-refractivity contribution in [1.29, 1.82) is 0 Å². The average Bonchev–Trinajstić information content (AvgIpc) is 2.83. The molecule has 0 aliphatic carbocycles. The van der Waals surface area contributed by atoms with Crippen molar-refractivity contribution in [3.8, 4) is 5.75 Å². The Bertz CT molecular complexity index is 402. The normalized spacial score (nSPS) is 19.0. The van der Waals surface area contributed by atoms with Crippen molar-refractivity contribution >= 4 is 5.91 Å². The van der Waals surface area contributed by atoms with Gasteiger partial charge in [0.05, 0.1) is 13.2 Å². The molecule has 1 N–H and O–H groups in total. The highest BCUT2D eigenvalue weighted by Gasteiger charge is 2.23. The molecule has 2 rings (SSSR count). The molecule has 0 aromatic heterocycles. The first kappa shape index (κ1) is 12.9. The number of aliphatic hydroxyl groups excluding tert-OH is 1. The predicted molar refractivity (Wildman–Crippen MR) is 68.5 cm³/mol. The van der Waals surface area contributed by atoms with Crippen LogP contribution in [0.15, 0.2) is 24.3 Å². The van der Waals surface area contributed by atoms with E-state index in [0.29, 0.717) is 25.9 Å². The summed E-state index contributed by atoms with van der Waals surface area (Å²) in [6, 6.07) is 7.76. The lowest BCUT2D eigenvalue weighted by Gasteiger charge is -2.15. The second-order valence-corrected chi connectivity index (χ2v) is 4.63. The number of methoxy groups -OCH3 is 1. The summed E-state index contributed by atoms with van der Waals surface area (Å²) >= 11 is 0. The number of hydrogen-bond acceptors (Lipinski definition) is 3. The summed E-state index contributed by atoms with van der Waals surface area (Å²) in [5, 5.41) is 9.38. The highest BCUT2D eigenvalue weighted by atomic mass is 16.5. The third-order valence-electron chi connectivity index (χ3n) is 3.30. The van der Waals surface area contributed by atoms with Crippen LogP contribution in [0.1, 0.15) is 18.4 Å². The number of ether oxygens (including phenoxy) is 1. The van der Waals surface area contributed by atoms with Crippen LogP contribution in [0.4, 0.5) is 0 Å². The Hall–Kier alpha value is -1.55. The van der Waals surface area contributed by atoms with E-state index in [4.69, 9.17) is 4.74 Å². The topological polar surface area (TPSA) is 49.8 Å². The molecule has 0 bridgehead atoms. The fraction of sp³-hybridized carbons (Fsp3) is 0.500. The van der Waals surface area contributed by atoms with Gasteiger partial charge in [-0.25, -0.2) is 0 Å². The molecule has 0 radical (unpaired) electrons. The van der Waals surface area contributed by atoms with Gasteiger partial charge in [0.2, 0.25) is 5.91 Å². The number of hydrogen-bond donors (Lipinski definition) is 1. The largest absolute Gasteiger partial charge is 0.497 e. The van der Waals surface area contributed by atoms with Gasteiger partial charge >= 0.3 is 0 Å². The lowest BCUT2D eigenvalue weighted by atomic mass is 10.1. The van der Waals surface area contributed by atoms with Gasteiger partial charge in [-0.15, -0.1) is 0 Å². The fourth-order valence-corrected chi connectivity index (χ4v) is 2.17. The number of carbonyl (C=O) groups is 1. The summed E-state index contributed by atoms with van der Waals surface area (Å²) in [5.41, 5.74) is 1.13. The number of rotatable bonds is 4. The minimum absolute atomic E-state index is 0.127. The number of benzene rings is 1. The number of amides is 1. The van der Waals surface area contributed by atoms with Gasteiger partial charge in [0.15, 0.2) is 0 Å². The molecule has 1 aliphatic heterocycles. The molecule has 1 fully saturated rings. The highest BCUT2D eigenvalue weighted by molar-refractivity contribution is 5.76. The van der Waals surface area contributed by atoms with Gasteiger partial charge in [-0.3, -0.25) is 4.79 Å². The van der Waals surface area contributed by atoms with Crippen LogP contribution in [-0.2, 0) is 11.2 Å². The van der Waals surface area contributed by atoms with Crippen molar-refractivity contribution in [2.45, 2.75) is 25.4 Å². The number of aryl methyl sites for hydroxylation is 1. The third-order valence-corrected chi connectivity index (χ3v) is 3.30. The second kappa shape index (κ2) is 5.87. The minimum Gasteiger partial charge on any atom is -0.497 e. The maximum absolute atomic E-state index is 11.9. The summed E-state index contributed by atoms with van der Waals surface area (Å²) in [5.74, 6) is 0.954. The fourth-order valence-electron chi connectivity index (χ4n) is 2.17. The molecule has 98 valence electrons. The van der Waals surface area contributed by atoms with Gasteiger partial charge in [-0.1, -0.05) is 12.1 Å². The predicted octanol–water partition coefficient (Wildman–Crippen LogP) is 1.22. The maximum Gasteiger partial charge on any atom is 0.222 e. The molecule has 4 heteroatoms. The SMILES string of the molecule is COc1ccc(CCC(=O)N2CC[C@@H](O)C2)cc1. The van der Waals surface area contributed by atoms with Crippen LogP contribution in [0.2, 0.25) is 0 Å². The summed E-state index contributed by atoms with van der Waals surface area (Å²) in [4.78, 5) is 13.6. The van der Waals surface area contributed by atoms with Gasteiger partial charge in [-0.05, 0) is 30.5 Å². The van der Waals surface area contributed by atoms with E-state index in [0.717, 1.165) is 17.7 Å². The molecular weight excluding hydrogens is 230 g/mol. The number of β-amino-alcohol motifs (C(OH)–C–C–N with tert-alkyl or cyclic N) is 1. The van der Waals surface area contributed by atoms with Crippen molar-refractivity contribution in [3.63, 3.8) is 0 Å². The smallest absolute Gasteiger partial charge is 0.222 e. The zero-order valence-corrected chi connectivity index (χ0v) is 10.6. The molecule has 1 atom stereocenters.